The van der Waals surface area contributed by atoms with Gasteiger partial charge in [-0.25, -0.2) is 4.39 Å². The monoisotopic (exact) mass is 466 g/mol. The van der Waals surface area contributed by atoms with E-state index in [1.165, 1.54) is 6.07 Å². The molecule has 4 rings (SSSR count). The van der Waals surface area contributed by atoms with Crippen LogP contribution in [0.15, 0.2) is 64.3 Å². The van der Waals surface area contributed by atoms with Crippen molar-refractivity contribution in [1.82, 2.24) is 10.5 Å². The minimum absolute atomic E-state index is 0.298. The molecule has 7 nitrogen and oxygen atoms in total. The van der Waals surface area contributed by atoms with Gasteiger partial charge in [-0.15, -0.1) is 0 Å². The van der Waals surface area contributed by atoms with Crippen molar-refractivity contribution < 1.29 is 18.4 Å². The molecule has 0 saturated heterocycles. The van der Waals surface area contributed by atoms with Crippen LogP contribution in [-0.4, -0.2) is 23.3 Å². The molecule has 1 aliphatic rings. The minimum atomic E-state index is -0.539. The van der Waals surface area contributed by atoms with Crippen LogP contribution in [-0.2, 0) is 4.79 Å². The van der Waals surface area contributed by atoms with Crippen LogP contribution >= 0.6 is 12.2 Å². The molecule has 1 atom stereocenters. The summed E-state index contributed by atoms with van der Waals surface area (Å²) in [5, 5.41) is 10.2. The van der Waals surface area contributed by atoms with Crippen molar-refractivity contribution in [1.29, 1.82) is 0 Å². The second kappa shape index (κ2) is 9.03. The molecule has 0 radical (unpaired) electrons. The molecule has 0 spiro atoms. The van der Waals surface area contributed by atoms with Gasteiger partial charge in [0.2, 0.25) is 0 Å². The molecule has 2 N–H and O–H groups in total. The fourth-order valence-corrected chi connectivity index (χ4v) is 4.08. The molecule has 1 amide bonds. The van der Waals surface area contributed by atoms with E-state index in [-0.39, 0.29) is 11.7 Å². The predicted molar refractivity (Wildman–Crippen MR) is 128 cm³/mol. The summed E-state index contributed by atoms with van der Waals surface area (Å²) in [6.07, 6.45) is 0. The molecular weight excluding hydrogens is 443 g/mol. The lowest BCUT2D eigenvalue weighted by molar-refractivity contribution is -0.113. The van der Waals surface area contributed by atoms with Crippen LogP contribution in [0, 0.1) is 19.7 Å². The van der Waals surface area contributed by atoms with E-state index >= 15 is 0 Å². The number of allylic oxidation sites excluding steroid dienone is 1. The highest BCUT2D eigenvalue weighted by molar-refractivity contribution is 7.80. The Kier molecular flexibility index (Phi) is 6.15. The van der Waals surface area contributed by atoms with Gasteiger partial charge in [0.15, 0.2) is 10.9 Å². The Balaban J connectivity index is 1.80. The molecule has 0 aliphatic carbocycles. The number of thiocarbonyl (C=S) groups is 1. The number of anilines is 2. The highest BCUT2D eigenvalue weighted by Gasteiger charge is 2.35. The van der Waals surface area contributed by atoms with Crippen LogP contribution in [0.1, 0.15) is 29.9 Å². The van der Waals surface area contributed by atoms with Crippen LogP contribution in [0.25, 0.3) is 0 Å². The first-order valence-electron chi connectivity index (χ1n) is 10.2. The van der Waals surface area contributed by atoms with E-state index in [0.29, 0.717) is 45.0 Å². The zero-order valence-electron chi connectivity index (χ0n) is 18.6. The number of halogens is 1. The van der Waals surface area contributed by atoms with Gasteiger partial charge in [0, 0.05) is 11.8 Å². The number of methoxy groups -OCH3 is 1. The van der Waals surface area contributed by atoms with Crippen molar-refractivity contribution in [3.8, 4) is 5.75 Å². The topological polar surface area (TPSA) is 79.6 Å². The summed E-state index contributed by atoms with van der Waals surface area (Å²) in [7, 11) is 1.59. The normalized spacial score (nSPS) is 16.0. The van der Waals surface area contributed by atoms with E-state index in [9.17, 15) is 9.18 Å². The van der Waals surface area contributed by atoms with E-state index in [1.807, 2.05) is 24.3 Å². The van der Waals surface area contributed by atoms with Crippen molar-refractivity contribution in [2.45, 2.75) is 26.8 Å². The van der Waals surface area contributed by atoms with Gasteiger partial charge in [-0.05, 0) is 68.4 Å². The average molecular weight is 467 g/mol. The van der Waals surface area contributed by atoms with Crippen molar-refractivity contribution in [3.63, 3.8) is 0 Å². The zero-order chi connectivity index (χ0) is 23.7. The summed E-state index contributed by atoms with van der Waals surface area (Å²) in [4.78, 5) is 15.1. The molecule has 2 aromatic carbocycles. The molecule has 170 valence electrons. The molecule has 0 bridgehead atoms. The number of ether oxygens (including phenoxy) is 1. The molecular formula is C24H23FN4O3S. The Morgan fingerprint density at radius 3 is 2.52 bits per heavy atom. The number of hydrogen-bond acceptors (Lipinski definition) is 5. The number of amides is 1. The standard InChI is InChI=1S/C24H23FN4O3S/c1-13-5-8-17(12-19(13)25)29-15(3)21(23(30)26-20-11-14(2)32-28-20)22(27-24(29)33)16-6-9-18(31-4)10-7-16/h5-12,22H,1-4H3,(H,27,33)(H,26,28,30)/t22-/m0/s1. The van der Waals surface area contributed by atoms with Gasteiger partial charge >= 0.3 is 0 Å². The van der Waals surface area contributed by atoms with Gasteiger partial charge in [0.1, 0.15) is 17.3 Å². The van der Waals surface area contributed by atoms with E-state index in [2.05, 4.69) is 15.8 Å². The van der Waals surface area contributed by atoms with Crippen LogP contribution in [0.3, 0.4) is 0 Å². The number of aryl methyl sites for hydroxylation is 2. The molecule has 3 aromatic rings. The van der Waals surface area contributed by atoms with Crippen LogP contribution in [0.2, 0.25) is 0 Å². The third-order valence-corrected chi connectivity index (χ3v) is 5.76. The Morgan fingerprint density at radius 2 is 1.91 bits per heavy atom. The Bertz CT molecular complexity index is 1250. The SMILES string of the molecule is COc1ccc([C@@H]2NC(=S)N(c3ccc(C)c(F)c3)C(C)=C2C(=O)Nc2cc(C)on2)cc1. The highest BCUT2D eigenvalue weighted by atomic mass is 32.1. The second-order valence-electron chi connectivity index (χ2n) is 7.70. The van der Waals surface area contributed by atoms with E-state index < -0.39 is 6.04 Å². The maximum Gasteiger partial charge on any atom is 0.257 e. The van der Waals surface area contributed by atoms with Crippen LogP contribution < -0.4 is 20.3 Å². The molecule has 9 heteroatoms. The lowest BCUT2D eigenvalue weighted by atomic mass is 9.94. The number of hydrogen-bond donors (Lipinski definition) is 2. The largest absolute Gasteiger partial charge is 0.497 e. The van der Waals surface area contributed by atoms with Crippen LogP contribution in [0.4, 0.5) is 15.9 Å². The first-order valence-corrected chi connectivity index (χ1v) is 10.7. The van der Waals surface area contributed by atoms with Gasteiger partial charge in [-0.1, -0.05) is 23.4 Å². The summed E-state index contributed by atoms with van der Waals surface area (Å²) in [5.74, 6) is 0.826. The number of nitrogens with zero attached hydrogens (tertiary/aromatic N) is 2. The summed E-state index contributed by atoms with van der Waals surface area (Å²) in [6.45, 7) is 5.21. The number of carbonyl (C=O) groups is 1. The Morgan fingerprint density at radius 1 is 1.18 bits per heavy atom. The highest BCUT2D eigenvalue weighted by Crippen LogP contribution is 2.35. The summed E-state index contributed by atoms with van der Waals surface area (Å²) >= 11 is 5.64. The molecule has 1 aliphatic heterocycles. The number of rotatable bonds is 5. The van der Waals surface area contributed by atoms with Crippen molar-refractivity contribution in [2.75, 3.05) is 17.3 Å². The maximum absolute atomic E-state index is 14.3. The van der Waals surface area contributed by atoms with Gasteiger partial charge in [-0.3, -0.25) is 9.69 Å². The third kappa shape index (κ3) is 4.45. The molecule has 0 fully saturated rings. The van der Waals surface area contributed by atoms with Gasteiger partial charge in [0.25, 0.3) is 5.91 Å². The molecule has 33 heavy (non-hydrogen) atoms. The van der Waals surface area contributed by atoms with Crippen molar-refractivity contribution in [2.24, 2.45) is 0 Å². The minimum Gasteiger partial charge on any atom is -0.497 e. The number of benzene rings is 2. The second-order valence-corrected chi connectivity index (χ2v) is 8.09. The molecule has 2 heterocycles. The lowest BCUT2D eigenvalue weighted by Crippen LogP contribution is -2.48. The van der Waals surface area contributed by atoms with E-state index in [1.54, 1.807) is 51.0 Å². The smallest absolute Gasteiger partial charge is 0.257 e. The quantitative estimate of drug-likeness (QED) is 0.524. The number of carbonyl (C=O) groups excluding carboxylic acids is 1. The molecule has 1 aromatic heterocycles. The predicted octanol–water partition coefficient (Wildman–Crippen LogP) is 4.79. The van der Waals surface area contributed by atoms with Gasteiger partial charge < -0.3 is 19.9 Å². The first kappa shape index (κ1) is 22.5. The summed E-state index contributed by atoms with van der Waals surface area (Å²) in [6, 6.07) is 13.3. The van der Waals surface area contributed by atoms with Gasteiger partial charge in [-0.2, -0.15) is 0 Å². The Labute approximate surface area is 196 Å². The van der Waals surface area contributed by atoms with Crippen molar-refractivity contribution in [3.05, 3.63) is 82.5 Å². The molecule has 0 unspecified atom stereocenters. The molecule has 0 saturated carbocycles. The summed E-state index contributed by atoms with van der Waals surface area (Å²) < 4.78 is 24.6. The van der Waals surface area contributed by atoms with Gasteiger partial charge in [0.05, 0.1) is 24.4 Å². The van der Waals surface area contributed by atoms with E-state index in [0.717, 1.165) is 5.56 Å². The summed E-state index contributed by atoms with van der Waals surface area (Å²) in [5.41, 5.74) is 2.83. The lowest BCUT2D eigenvalue weighted by Gasteiger charge is -2.38. The number of nitrogens with one attached hydrogen (secondary N) is 2. The fraction of sp³-hybridized carbons (Fsp3) is 0.208. The zero-order valence-corrected chi connectivity index (χ0v) is 19.4. The number of aromatic nitrogens is 1. The fourth-order valence-electron chi connectivity index (χ4n) is 3.72. The van der Waals surface area contributed by atoms with Crippen molar-refractivity contribution >= 4 is 34.7 Å². The van der Waals surface area contributed by atoms with E-state index in [4.69, 9.17) is 21.5 Å². The maximum atomic E-state index is 14.3. The Hall–Kier alpha value is -3.72. The van der Waals surface area contributed by atoms with Crippen LogP contribution in [0.5, 0.6) is 5.75 Å². The third-order valence-electron chi connectivity index (χ3n) is 5.46. The average Bonchev–Trinajstić information content (AvgIpc) is 3.20. The first-order chi connectivity index (χ1) is 15.8.